The van der Waals surface area contributed by atoms with E-state index in [4.69, 9.17) is 0 Å². The van der Waals surface area contributed by atoms with Gasteiger partial charge in [-0.2, -0.15) is 0 Å². The summed E-state index contributed by atoms with van der Waals surface area (Å²) in [7, 11) is 0. The summed E-state index contributed by atoms with van der Waals surface area (Å²) in [5.74, 6) is 1.14. The Balaban J connectivity index is 2.30. The molecular weight excluding hydrogens is 200 g/mol. The van der Waals surface area contributed by atoms with Crippen molar-refractivity contribution in [1.29, 1.82) is 0 Å². The van der Waals surface area contributed by atoms with Gasteiger partial charge in [0.1, 0.15) is 0 Å². The largest absolute Gasteiger partial charge is 0.342 e. The van der Waals surface area contributed by atoms with Gasteiger partial charge in [0.25, 0.3) is 0 Å². The lowest BCUT2D eigenvalue weighted by molar-refractivity contribution is -0.132. The number of carbonyl (C=O) groups excluding carboxylic acids is 1. The van der Waals surface area contributed by atoms with Gasteiger partial charge in [0.2, 0.25) is 5.91 Å². The molecule has 3 heteroatoms. The van der Waals surface area contributed by atoms with E-state index in [1.165, 1.54) is 19.3 Å². The van der Waals surface area contributed by atoms with Crippen LogP contribution in [0.5, 0.6) is 0 Å². The predicted molar refractivity (Wildman–Crippen MR) is 67.3 cm³/mol. The average Bonchev–Trinajstić information content (AvgIpc) is 3.03. The van der Waals surface area contributed by atoms with Crippen LogP contribution < -0.4 is 5.32 Å². The second kappa shape index (κ2) is 6.24. The minimum absolute atomic E-state index is 0.0475. The number of hydrogen-bond acceptors (Lipinski definition) is 2. The predicted octanol–water partition coefficient (Wildman–Crippen LogP) is 2.02. The Morgan fingerprint density at radius 1 is 1.31 bits per heavy atom. The molecular formula is C13H26N2O. The first-order valence-corrected chi connectivity index (χ1v) is 6.63. The zero-order chi connectivity index (χ0) is 12.1. The van der Waals surface area contributed by atoms with Crippen LogP contribution in [0.25, 0.3) is 0 Å². The van der Waals surface area contributed by atoms with Gasteiger partial charge in [0, 0.05) is 19.1 Å². The molecule has 0 radical (unpaired) electrons. The lowest BCUT2D eigenvalue weighted by Gasteiger charge is -2.25. The second-order valence-electron chi connectivity index (χ2n) is 4.98. The fraction of sp³-hybridized carbons (Fsp3) is 0.923. The lowest BCUT2D eigenvalue weighted by atomic mass is 10.1. The molecule has 0 saturated heterocycles. The number of carbonyl (C=O) groups is 1. The van der Waals surface area contributed by atoms with Crippen LogP contribution in [-0.4, -0.2) is 36.0 Å². The minimum Gasteiger partial charge on any atom is -0.342 e. The summed E-state index contributed by atoms with van der Waals surface area (Å²) in [6.45, 7) is 9.83. The van der Waals surface area contributed by atoms with Crippen molar-refractivity contribution < 1.29 is 4.79 Å². The van der Waals surface area contributed by atoms with Crippen LogP contribution >= 0.6 is 0 Å². The fourth-order valence-corrected chi connectivity index (χ4v) is 2.23. The highest BCUT2D eigenvalue weighted by atomic mass is 16.2. The van der Waals surface area contributed by atoms with Crippen molar-refractivity contribution in [3.8, 4) is 0 Å². The summed E-state index contributed by atoms with van der Waals surface area (Å²) in [5.41, 5.74) is 0. The molecule has 0 heterocycles. The van der Waals surface area contributed by atoms with E-state index in [1.54, 1.807) is 0 Å². The van der Waals surface area contributed by atoms with Gasteiger partial charge in [-0.25, -0.2) is 0 Å². The van der Waals surface area contributed by atoms with Crippen LogP contribution in [-0.2, 0) is 4.79 Å². The molecule has 1 amide bonds. The molecule has 0 aromatic heterocycles. The molecule has 0 spiro atoms. The summed E-state index contributed by atoms with van der Waals surface area (Å²) in [5, 5.41) is 3.41. The number of hydrogen-bond donors (Lipinski definition) is 1. The van der Waals surface area contributed by atoms with Crippen LogP contribution in [0.4, 0.5) is 0 Å². The molecule has 1 aliphatic carbocycles. The fourth-order valence-electron chi connectivity index (χ4n) is 2.23. The molecule has 0 aromatic rings. The first-order valence-electron chi connectivity index (χ1n) is 6.63. The molecule has 2 atom stereocenters. The summed E-state index contributed by atoms with van der Waals surface area (Å²) in [6, 6.07) is 0.413. The maximum atomic E-state index is 12.0. The SMILES string of the molecule is CCN(CC)C(=O)C(C)NC(C)CC1CC1. The maximum absolute atomic E-state index is 12.0. The number of nitrogens with one attached hydrogen (secondary N) is 1. The Kier molecular flexibility index (Phi) is 5.26. The molecule has 2 unspecified atom stereocenters. The van der Waals surface area contributed by atoms with Gasteiger partial charge in [-0.15, -0.1) is 0 Å². The van der Waals surface area contributed by atoms with Crippen molar-refractivity contribution in [2.24, 2.45) is 5.92 Å². The maximum Gasteiger partial charge on any atom is 0.239 e. The van der Waals surface area contributed by atoms with E-state index in [0.29, 0.717) is 6.04 Å². The summed E-state index contributed by atoms with van der Waals surface area (Å²) in [6.07, 6.45) is 3.98. The molecule has 1 aliphatic rings. The highest BCUT2D eigenvalue weighted by molar-refractivity contribution is 5.81. The summed E-state index contributed by atoms with van der Waals surface area (Å²) in [4.78, 5) is 13.9. The van der Waals surface area contributed by atoms with Gasteiger partial charge in [0.05, 0.1) is 6.04 Å². The van der Waals surface area contributed by atoms with Crippen LogP contribution in [0.2, 0.25) is 0 Å². The smallest absolute Gasteiger partial charge is 0.239 e. The molecule has 1 fully saturated rings. The Labute approximate surface area is 99.6 Å². The number of nitrogens with zero attached hydrogens (tertiary/aromatic N) is 1. The van der Waals surface area contributed by atoms with E-state index in [9.17, 15) is 4.79 Å². The molecule has 1 rings (SSSR count). The van der Waals surface area contributed by atoms with Crippen LogP contribution in [0.15, 0.2) is 0 Å². The van der Waals surface area contributed by atoms with Gasteiger partial charge in [-0.05, 0) is 40.0 Å². The van der Waals surface area contributed by atoms with Gasteiger partial charge in [-0.3, -0.25) is 4.79 Å². The van der Waals surface area contributed by atoms with Crippen molar-refractivity contribution in [1.82, 2.24) is 10.2 Å². The highest BCUT2D eigenvalue weighted by Gasteiger charge is 2.25. The number of likely N-dealkylation sites (N-methyl/N-ethyl adjacent to an activating group) is 1. The van der Waals surface area contributed by atoms with Gasteiger partial charge < -0.3 is 10.2 Å². The van der Waals surface area contributed by atoms with Crippen molar-refractivity contribution in [3.05, 3.63) is 0 Å². The normalized spacial score (nSPS) is 19.2. The van der Waals surface area contributed by atoms with Crippen molar-refractivity contribution in [2.75, 3.05) is 13.1 Å². The van der Waals surface area contributed by atoms with Gasteiger partial charge in [-0.1, -0.05) is 12.8 Å². The monoisotopic (exact) mass is 226 g/mol. The van der Waals surface area contributed by atoms with E-state index in [2.05, 4.69) is 12.2 Å². The molecule has 16 heavy (non-hydrogen) atoms. The summed E-state index contributed by atoms with van der Waals surface area (Å²) < 4.78 is 0. The minimum atomic E-state index is -0.0475. The molecule has 0 aliphatic heterocycles. The van der Waals surface area contributed by atoms with E-state index in [-0.39, 0.29) is 11.9 Å². The molecule has 0 aromatic carbocycles. The van der Waals surface area contributed by atoms with Crippen LogP contribution in [0, 0.1) is 5.92 Å². The Bertz CT molecular complexity index is 222. The Morgan fingerprint density at radius 3 is 2.31 bits per heavy atom. The Hall–Kier alpha value is -0.570. The van der Waals surface area contributed by atoms with Crippen molar-refractivity contribution >= 4 is 5.91 Å². The zero-order valence-corrected chi connectivity index (χ0v) is 11.1. The number of rotatable bonds is 7. The molecule has 3 nitrogen and oxygen atoms in total. The first kappa shape index (κ1) is 13.5. The third kappa shape index (κ3) is 4.12. The molecule has 1 N–H and O–H groups in total. The summed E-state index contributed by atoms with van der Waals surface area (Å²) >= 11 is 0. The van der Waals surface area contributed by atoms with E-state index < -0.39 is 0 Å². The first-order chi connectivity index (χ1) is 7.58. The van der Waals surface area contributed by atoms with Crippen molar-refractivity contribution in [3.63, 3.8) is 0 Å². The second-order valence-corrected chi connectivity index (χ2v) is 4.98. The van der Waals surface area contributed by atoms with Gasteiger partial charge in [0.15, 0.2) is 0 Å². The average molecular weight is 226 g/mol. The number of amides is 1. The van der Waals surface area contributed by atoms with E-state index in [1.807, 2.05) is 25.7 Å². The molecule has 0 bridgehead atoms. The third-order valence-corrected chi connectivity index (χ3v) is 3.36. The van der Waals surface area contributed by atoms with Crippen LogP contribution in [0.3, 0.4) is 0 Å². The quantitative estimate of drug-likeness (QED) is 0.720. The van der Waals surface area contributed by atoms with Crippen LogP contribution in [0.1, 0.15) is 47.0 Å². The van der Waals surface area contributed by atoms with Gasteiger partial charge >= 0.3 is 0 Å². The third-order valence-electron chi connectivity index (χ3n) is 3.36. The van der Waals surface area contributed by atoms with Crippen molar-refractivity contribution in [2.45, 2.75) is 59.0 Å². The topological polar surface area (TPSA) is 32.3 Å². The molecule has 1 saturated carbocycles. The zero-order valence-electron chi connectivity index (χ0n) is 11.1. The van der Waals surface area contributed by atoms with E-state index in [0.717, 1.165) is 19.0 Å². The Morgan fingerprint density at radius 2 is 1.88 bits per heavy atom. The lowest BCUT2D eigenvalue weighted by Crippen LogP contribution is -2.47. The molecule has 94 valence electrons. The highest BCUT2D eigenvalue weighted by Crippen LogP contribution is 2.33. The van der Waals surface area contributed by atoms with E-state index >= 15 is 0 Å². The standard InChI is InChI=1S/C13H26N2O/c1-5-15(6-2)13(16)11(4)14-10(3)9-12-7-8-12/h10-12,14H,5-9H2,1-4H3.